The Morgan fingerprint density at radius 3 is 3.00 bits per heavy atom. The number of anilines is 1. The normalized spacial score (nSPS) is 23.8. The number of nitrogen functional groups attached to an aromatic ring is 1. The Balaban J connectivity index is 2.14. The predicted molar refractivity (Wildman–Crippen MR) is 72.9 cm³/mol. The highest BCUT2D eigenvalue weighted by atomic mass is 32.2. The molecule has 1 aromatic heterocycles. The van der Waals surface area contributed by atoms with Crippen molar-refractivity contribution in [1.29, 1.82) is 0 Å². The van der Waals surface area contributed by atoms with Crippen molar-refractivity contribution < 1.29 is 9.90 Å². The van der Waals surface area contributed by atoms with Crippen LogP contribution in [0, 0.1) is 5.92 Å². The number of thioether (sulfide) groups is 1. The SMILES string of the molecule is CC1CCCC(Sc2nccc(C(=O)O)c2N)C1. The van der Waals surface area contributed by atoms with Crippen molar-refractivity contribution in [3.05, 3.63) is 17.8 Å². The number of aromatic carboxylic acids is 1. The minimum absolute atomic E-state index is 0.149. The topological polar surface area (TPSA) is 76.2 Å². The van der Waals surface area contributed by atoms with E-state index in [0.717, 1.165) is 18.8 Å². The van der Waals surface area contributed by atoms with Gasteiger partial charge in [0, 0.05) is 11.4 Å². The van der Waals surface area contributed by atoms with E-state index >= 15 is 0 Å². The van der Waals surface area contributed by atoms with Crippen molar-refractivity contribution in [2.45, 2.75) is 42.9 Å². The van der Waals surface area contributed by atoms with Crippen LogP contribution in [-0.2, 0) is 0 Å². The number of carboxylic acids is 1. The minimum Gasteiger partial charge on any atom is -0.478 e. The summed E-state index contributed by atoms with van der Waals surface area (Å²) < 4.78 is 0. The van der Waals surface area contributed by atoms with Gasteiger partial charge in [-0.15, -0.1) is 11.8 Å². The second-order valence-corrected chi connectivity index (χ2v) is 6.18. The average Bonchev–Trinajstić information content (AvgIpc) is 2.31. The molecule has 1 fully saturated rings. The highest BCUT2D eigenvalue weighted by Gasteiger charge is 2.22. The van der Waals surface area contributed by atoms with E-state index in [2.05, 4.69) is 11.9 Å². The molecular weight excluding hydrogens is 248 g/mol. The van der Waals surface area contributed by atoms with Gasteiger partial charge in [0.15, 0.2) is 0 Å². The minimum atomic E-state index is -0.992. The molecule has 2 unspecified atom stereocenters. The molecule has 18 heavy (non-hydrogen) atoms. The van der Waals surface area contributed by atoms with Crippen LogP contribution in [0.5, 0.6) is 0 Å². The van der Waals surface area contributed by atoms with Gasteiger partial charge in [-0.3, -0.25) is 0 Å². The van der Waals surface area contributed by atoms with Crippen molar-refractivity contribution in [3.8, 4) is 0 Å². The van der Waals surface area contributed by atoms with Crippen LogP contribution in [0.25, 0.3) is 0 Å². The lowest BCUT2D eigenvalue weighted by Crippen LogP contribution is -2.16. The fourth-order valence-electron chi connectivity index (χ4n) is 2.38. The number of aromatic nitrogens is 1. The number of hydrogen-bond acceptors (Lipinski definition) is 4. The van der Waals surface area contributed by atoms with Gasteiger partial charge in [-0.2, -0.15) is 0 Å². The first-order chi connectivity index (χ1) is 8.58. The molecule has 1 aromatic rings. The number of carbonyl (C=O) groups is 1. The first kappa shape index (κ1) is 13.2. The average molecular weight is 266 g/mol. The zero-order valence-corrected chi connectivity index (χ0v) is 11.2. The van der Waals surface area contributed by atoms with Crippen LogP contribution in [0.4, 0.5) is 5.69 Å². The fraction of sp³-hybridized carbons (Fsp3) is 0.538. The number of nitrogens with zero attached hydrogens (tertiary/aromatic N) is 1. The molecule has 0 saturated heterocycles. The molecule has 98 valence electrons. The third-order valence-electron chi connectivity index (χ3n) is 3.35. The summed E-state index contributed by atoms with van der Waals surface area (Å²) in [5.74, 6) is -0.256. The Labute approximate surface area is 111 Å². The monoisotopic (exact) mass is 266 g/mol. The molecule has 1 saturated carbocycles. The summed E-state index contributed by atoms with van der Waals surface area (Å²) in [6, 6.07) is 1.45. The lowest BCUT2D eigenvalue weighted by Gasteiger charge is -2.26. The molecule has 2 rings (SSSR count). The highest BCUT2D eigenvalue weighted by Crippen LogP contribution is 2.37. The van der Waals surface area contributed by atoms with Crippen LogP contribution < -0.4 is 5.73 Å². The maximum atomic E-state index is 11.0. The van der Waals surface area contributed by atoms with E-state index < -0.39 is 5.97 Å². The maximum Gasteiger partial charge on any atom is 0.337 e. The third kappa shape index (κ3) is 2.96. The Bertz CT molecular complexity index is 451. The number of hydrogen-bond donors (Lipinski definition) is 2. The summed E-state index contributed by atoms with van der Waals surface area (Å²) >= 11 is 1.63. The van der Waals surface area contributed by atoms with Crippen LogP contribution in [-0.4, -0.2) is 21.3 Å². The Morgan fingerprint density at radius 1 is 1.56 bits per heavy atom. The molecule has 0 aromatic carbocycles. The van der Waals surface area contributed by atoms with Crippen LogP contribution >= 0.6 is 11.8 Å². The van der Waals surface area contributed by atoms with Gasteiger partial charge in [-0.1, -0.05) is 19.8 Å². The standard InChI is InChI=1S/C13H18N2O2S/c1-8-3-2-4-9(7-8)18-12-11(14)10(13(16)17)5-6-15-12/h5-6,8-9H,2-4,7,14H2,1H3,(H,16,17). The fourth-order valence-corrected chi connectivity index (χ4v) is 3.76. The number of pyridine rings is 1. The summed E-state index contributed by atoms with van der Waals surface area (Å²) in [6.07, 6.45) is 6.36. The van der Waals surface area contributed by atoms with Crippen molar-refractivity contribution in [1.82, 2.24) is 4.98 Å². The van der Waals surface area contributed by atoms with Gasteiger partial charge >= 0.3 is 5.97 Å². The smallest absolute Gasteiger partial charge is 0.337 e. The van der Waals surface area contributed by atoms with E-state index in [-0.39, 0.29) is 5.56 Å². The van der Waals surface area contributed by atoms with Crippen molar-refractivity contribution in [2.75, 3.05) is 5.73 Å². The van der Waals surface area contributed by atoms with Crippen molar-refractivity contribution in [3.63, 3.8) is 0 Å². The lowest BCUT2D eigenvalue weighted by molar-refractivity contribution is 0.0697. The van der Waals surface area contributed by atoms with Gasteiger partial charge in [0.05, 0.1) is 11.3 Å². The highest BCUT2D eigenvalue weighted by molar-refractivity contribution is 8.00. The molecular formula is C13H18N2O2S. The van der Waals surface area contributed by atoms with Gasteiger partial charge in [-0.05, 0) is 24.8 Å². The molecule has 1 aliphatic rings. The van der Waals surface area contributed by atoms with Crippen LogP contribution in [0.3, 0.4) is 0 Å². The van der Waals surface area contributed by atoms with E-state index in [1.165, 1.54) is 25.1 Å². The van der Waals surface area contributed by atoms with E-state index in [4.69, 9.17) is 10.8 Å². The number of nitrogens with two attached hydrogens (primary N) is 1. The molecule has 3 N–H and O–H groups in total. The first-order valence-electron chi connectivity index (χ1n) is 6.22. The summed E-state index contributed by atoms with van der Waals surface area (Å²) in [5.41, 5.74) is 6.32. The second kappa shape index (κ2) is 5.61. The Hall–Kier alpha value is -1.23. The van der Waals surface area contributed by atoms with Crippen LogP contribution in [0.15, 0.2) is 17.3 Å². The maximum absolute atomic E-state index is 11.0. The van der Waals surface area contributed by atoms with Crippen molar-refractivity contribution in [2.24, 2.45) is 5.92 Å². The van der Waals surface area contributed by atoms with E-state index in [9.17, 15) is 4.79 Å². The third-order valence-corrected chi connectivity index (χ3v) is 4.66. The molecule has 0 bridgehead atoms. The van der Waals surface area contributed by atoms with E-state index in [0.29, 0.717) is 16.0 Å². The molecule has 2 atom stereocenters. The zero-order valence-electron chi connectivity index (χ0n) is 10.4. The molecule has 0 amide bonds. The van der Waals surface area contributed by atoms with Gasteiger partial charge in [0.25, 0.3) is 0 Å². The second-order valence-electron chi connectivity index (χ2n) is 4.89. The van der Waals surface area contributed by atoms with Gasteiger partial charge in [-0.25, -0.2) is 9.78 Å². The summed E-state index contributed by atoms with van der Waals surface area (Å²) in [5, 5.41) is 10.2. The summed E-state index contributed by atoms with van der Waals surface area (Å²) in [4.78, 5) is 15.2. The molecule has 4 nitrogen and oxygen atoms in total. The first-order valence-corrected chi connectivity index (χ1v) is 7.10. The van der Waals surface area contributed by atoms with Gasteiger partial charge in [0.1, 0.15) is 5.03 Å². The molecule has 1 aliphatic carbocycles. The molecule has 0 radical (unpaired) electrons. The summed E-state index contributed by atoms with van der Waals surface area (Å²) in [7, 11) is 0. The van der Waals surface area contributed by atoms with Gasteiger partial charge in [0.2, 0.25) is 0 Å². The number of carboxylic acid groups (broad SMARTS) is 1. The summed E-state index contributed by atoms with van der Waals surface area (Å²) in [6.45, 7) is 2.26. The zero-order chi connectivity index (χ0) is 13.1. The largest absolute Gasteiger partial charge is 0.478 e. The van der Waals surface area contributed by atoms with Gasteiger partial charge < -0.3 is 10.8 Å². The number of rotatable bonds is 3. The predicted octanol–water partition coefficient (Wildman–Crippen LogP) is 3.03. The Kier molecular flexibility index (Phi) is 4.11. The molecule has 0 spiro atoms. The molecule has 0 aliphatic heterocycles. The van der Waals surface area contributed by atoms with Crippen molar-refractivity contribution >= 4 is 23.4 Å². The molecule has 1 heterocycles. The van der Waals surface area contributed by atoms with E-state index in [1.54, 1.807) is 11.8 Å². The van der Waals surface area contributed by atoms with Crippen LogP contribution in [0.2, 0.25) is 0 Å². The van der Waals surface area contributed by atoms with Crippen LogP contribution in [0.1, 0.15) is 43.0 Å². The Morgan fingerprint density at radius 2 is 2.33 bits per heavy atom. The van der Waals surface area contributed by atoms with E-state index in [1.807, 2.05) is 0 Å². The lowest BCUT2D eigenvalue weighted by atomic mass is 9.91. The molecule has 5 heteroatoms. The quantitative estimate of drug-likeness (QED) is 0.879.